The fourth-order valence-electron chi connectivity index (χ4n) is 6.85. The van der Waals surface area contributed by atoms with Crippen LogP contribution in [0.4, 0.5) is 0 Å². The van der Waals surface area contributed by atoms with Crippen molar-refractivity contribution in [2.75, 3.05) is 79.7 Å². The molecule has 0 aliphatic carbocycles. The highest BCUT2D eigenvalue weighted by molar-refractivity contribution is 5.77. The number of amides is 2. The first-order chi connectivity index (χ1) is 23.2. The van der Waals surface area contributed by atoms with Gasteiger partial charge in [0.2, 0.25) is 0 Å². The van der Waals surface area contributed by atoms with Crippen LogP contribution in [0.15, 0.2) is 0 Å². The van der Waals surface area contributed by atoms with Crippen molar-refractivity contribution >= 4 is 11.8 Å². The van der Waals surface area contributed by atoms with Crippen molar-refractivity contribution in [2.45, 2.75) is 168 Å². The quantitative estimate of drug-likeness (QED) is 0.0403. The van der Waals surface area contributed by atoms with Crippen LogP contribution in [0.3, 0.4) is 0 Å². The Morgan fingerprint density at radius 1 is 0.417 bits per heavy atom. The number of unbranched alkanes of at least 4 members (excludes halogenated alkanes) is 21. The number of nitrogens with zero attached hydrogens (tertiary/aromatic N) is 2. The lowest BCUT2D eigenvalue weighted by Gasteiger charge is -2.34. The van der Waals surface area contributed by atoms with E-state index in [-0.39, 0.29) is 25.0 Å². The number of hydrogen-bond acceptors (Lipinski definition) is 4. The first-order valence-electron chi connectivity index (χ1n) is 20.7. The van der Waals surface area contributed by atoms with E-state index in [1.54, 1.807) is 0 Å². The average Bonchev–Trinajstić information content (AvgIpc) is 3.04. The van der Waals surface area contributed by atoms with Crippen molar-refractivity contribution in [3.63, 3.8) is 0 Å². The van der Waals surface area contributed by atoms with E-state index in [1.165, 1.54) is 116 Å². The maximum Gasteiger partial charge on any atom is 0.275 e. The van der Waals surface area contributed by atoms with Crippen molar-refractivity contribution in [3.05, 3.63) is 0 Å². The number of nitrogens with one attached hydrogen (secondary N) is 2. The molecule has 0 saturated carbocycles. The molecule has 0 aromatic carbocycles. The van der Waals surface area contributed by atoms with Gasteiger partial charge in [0.1, 0.15) is 13.1 Å². The summed E-state index contributed by atoms with van der Waals surface area (Å²) in [7, 11) is 4.17. The summed E-state index contributed by atoms with van der Waals surface area (Å²) >= 11 is 0. The topological polar surface area (TPSA) is 98.7 Å². The summed E-state index contributed by atoms with van der Waals surface area (Å²) in [6.07, 6.45) is 29.9. The highest BCUT2D eigenvalue weighted by Crippen LogP contribution is 2.13. The fourth-order valence-corrected chi connectivity index (χ4v) is 6.85. The van der Waals surface area contributed by atoms with Gasteiger partial charge in [0.25, 0.3) is 11.8 Å². The Morgan fingerprint density at radius 3 is 0.979 bits per heavy atom. The SMILES string of the molecule is CCCCCCCCCCCCNC(=O)C[N+](C)(CCO)CCCCCC[N+](C)(CCO)CC(=O)NCCCCCCCCCCCC. The highest BCUT2D eigenvalue weighted by atomic mass is 16.3. The van der Waals surface area contributed by atoms with Crippen molar-refractivity contribution in [3.8, 4) is 0 Å². The van der Waals surface area contributed by atoms with Gasteiger partial charge in [-0.05, 0) is 38.5 Å². The molecule has 0 aromatic rings. The summed E-state index contributed by atoms with van der Waals surface area (Å²) < 4.78 is 1.13. The Balaban J connectivity index is 4.14. The Morgan fingerprint density at radius 2 is 0.688 bits per heavy atom. The van der Waals surface area contributed by atoms with E-state index in [0.717, 1.165) is 64.7 Å². The normalized spacial score (nSPS) is 14.0. The molecule has 286 valence electrons. The molecular formula is C40H84N4O4+2. The van der Waals surface area contributed by atoms with Crippen molar-refractivity contribution in [1.82, 2.24) is 10.6 Å². The molecule has 2 unspecified atom stereocenters. The second-order valence-corrected chi connectivity index (χ2v) is 15.4. The van der Waals surface area contributed by atoms with E-state index in [2.05, 4.69) is 38.6 Å². The lowest BCUT2D eigenvalue weighted by Crippen LogP contribution is -2.53. The summed E-state index contributed by atoms with van der Waals surface area (Å²) in [5.74, 6) is 0.177. The van der Waals surface area contributed by atoms with Gasteiger partial charge >= 0.3 is 0 Å². The molecule has 0 heterocycles. The summed E-state index contributed by atoms with van der Waals surface area (Å²) in [6, 6.07) is 0. The van der Waals surface area contributed by atoms with Crippen LogP contribution in [0.5, 0.6) is 0 Å². The minimum absolute atomic E-state index is 0.0838. The third-order valence-corrected chi connectivity index (χ3v) is 10.2. The lowest BCUT2D eigenvalue weighted by atomic mass is 10.1. The van der Waals surface area contributed by atoms with Crippen molar-refractivity contribution < 1.29 is 28.8 Å². The molecule has 0 rings (SSSR count). The molecule has 0 fully saturated rings. The number of likely N-dealkylation sites (N-methyl/N-ethyl adjacent to an activating group) is 2. The second kappa shape index (κ2) is 33.0. The van der Waals surface area contributed by atoms with Crippen LogP contribution in [0.25, 0.3) is 0 Å². The monoisotopic (exact) mass is 685 g/mol. The minimum Gasteiger partial charge on any atom is -0.391 e. The highest BCUT2D eigenvalue weighted by Gasteiger charge is 2.26. The van der Waals surface area contributed by atoms with E-state index < -0.39 is 0 Å². The van der Waals surface area contributed by atoms with Crippen LogP contribution in [-0.2, 0) is 9.59 Å². The lowest BCUT2D eigenvalue weighted by molar-refractivity contribution is -0.903. The zero-order valence-electron chi connectivity index (χ0n) is 32.6. The van der Waals surface area contributed by atoms with Gasteiger partial charge in [-0.1, -0.05) is 129 Å². The molecule has 8 heteroatoms. The van der Waals surface area contributed by atoms with Crippen molar-refractivity contribution in [2.24, 2.45) is 0 Å². The molecule has 8 nitrogen and oxygen atoms in total. The van der Waals surface area contributed by atoms with Gasteiger partial charge in [0, 0.05) is 13.1 Å². The maximum absolute atomic E-state index is 12.7. The van der Waals surface area contributed by atoms with Crippen molar-refractivity contribution in [1.29, 1.82) is 0 Å². The van der Waals surface area contributed by atoms with Crippen LogP contribution in [0.1, 0.15) is 168 Å². The smallest absolute Gasteiger partial charge is 0.275 e. The number of rotatable bonds is 37. The molecule has 0 bridgehead atoms. The Hall–Kier alpha value is -1.22. The number of hydrogen-bond donors (Lipinski definition) is 4. The first-order valence-corrected chi connectivity index (χ1v) is 20.7. The molecule has 2 atom stereocenters. The Bertz CT molecular complexity index is 680. The molecule has 4 N–H and O–H groups in total. The maximum atomic E-state index is 12.7. The van der Waals surface area contributed by atoms with Gasteiger partial charge in [-0.25, -0.2) is 0 Å². The third kappa shape index (κ3) is 29.7. The molecule has 0 radical (unpaired) electrons. The van der Waals surface area contributed by atoms with Gasteiger partial charge in [0.15, 0.2) is 13.1 Å². The molecule has 0 saturated heterocycles. The van der Waals surface area contributed by atoms with E-state index >= 15 is 0 Å². The molecular weight excluding hydrogens is 600 g/mol. The minimum atomic E-state index is 0.0838. The van der Waals surface area contributed by atoms with Gasteiger partial charge in [0.05, 0.1) is 40.4 Å². The summed E-state index contributed by atoms with van der Waals surface area (Å²) in [5, 5.41) is 25.6. The summed E-state index contributed by atoms with van der Waals surface area (Å²) in [6.45, 7) is 9.93. The molecule has 0 aliphatic rings. The van der Waals surface area contributed by atoms with Crippen LogP contribution in [0, 0.1) is 0 Å². The standard InChI is InChI=1S/C40H82N4O4/c1-5-7-9-11-13-15-17-19-21-25-29-41-39(47)37-43(3,33-35-45)31-27-23-24-28-32-44(4,34-36-46)38-40(48)42-30-26-22-20-18-16-14-12-10-8-6-2/h45-46H,5-38H2,1-4H3/p+2. The van der Waals surface area contributed by atoms with Gasteiger partial charge in [-0.15, -0.1) is 0 Å². The number of aliphatic hydroxyl groups excluding tert-OH is 2. The Labute approximate surface area is 298 Å². The van der Waals surface area contributed by atoms with Crippen LogP contribution < -0.4 is 10.6 Å². The molecule has 48 heavy (non-hydrogen) atoms. The van der Waals surface area contributed by atoms with Gasteiger partial charge < -0.3 is 29.8 Å². The van der Waals surface area contributed by atoms with Gasteiger partial charge in [-0.3, -0.25) is 9.59 Å². The van der Waals surface area contributed by atoms with E-state index in [1.807, 2.05) is 0 Å². The molecule has 0 aliphatic heterocycles. The largest absolute Gasteiger partial charge is 0.391 e. The summed E-state index contributed by atoms with van der Waals surface area (Å²) in [5.41, 5.74) is 0. The van der Waals surface area contributed by atoms with E-state index in [9.17, 15) is 19.8 Å². The number of carbonyl (C=O) groups excluding carboxylic acids is 2. The van der Waals surface area contributed by atoms with Crippen LogP contribution in [-0.4, -0.2) is 111 Å². The summed E-state index contributed by atoms with van der Waals surface area (Å²) in [4.78, 5) is 25.4. The number of carbonyl (C=O) groups is 2. The molecule has 2 amide bonds. The second-order valence-electron chi connectivity index (χ2n) is 15.4. The van der Waals surface area contributed by atoms with E-state index in [4.69, 9.17) is 0 Å². The number of aliphatic hydroxyl groups is 2. The van der Waals surface area contributed by atoms with Crippen LogP contribution in [0.2, 0.25) is 0 Å². The fraction of sp³-hybridized carbons (Fsp3) is 0.950. The average molecular weight is 685 g/mol. The van der Waals surface area contributed by atoms with E-state index in [0.29, 0.717) is 35.1 Å². The Kier molecular flexibility index (Phi) is 32.1. The van der Waals surface area contributed by atoms with Crippen LogP contribution >= 0.6 is 0 Å². The first kappa shape index (κ1) is 46.8. The molecule has 0 spiro atoms. The zero-order valence-corrected chi connectivity index (χ0v) is 32.6. The predicted molar refractivity (Wildman–Crippen MR) is 204 cm³/mol. The number of quaternary nitrogens is 2. The predicted octanol–water partition coefficient (Wildman–Crippen LogP) is 7.50. The van der Waals surface area contributed by atoms with Gasteiger partial charge in [-0.2, -0.15) is 0 Å². The molecule has 0 aromatic heterocycles. The zero-order chi connectivity index (χ0) is 35.6. The third-order valence-electron chi connectivity index (χ3n) is 10.2.